The smallest absolute Gasteiger partial charge is 0.330 e. The predicted octanol–water partition coefficient (Wildman–Crippen LogP) is -0.664. The molecule has 164 valence electrons. The Kier molecular flexibility index (Phi) is 5.58. The highest BCUT2D eigenvalue weighted by Gasteiger charge is 2.50. The lowest BCUT2D eigenvalue weighted by Crippen LogP contribution is -2.44. The van der Waals surface area contributed by atoms with Gasteiger partial charge in [-0.25, -0.2) is 4.79 Å². The summed E-state index contributed by atoms with van der Waals surface area (Å²) < 4.78 is 6.46. The van der Waals surface area contributed by atoms with Crippen LogP contribution in [0.3, 0.4) is 0 Å². The monoisotopic (exact) mass is 431 g/mol. The molecule has 2 aliphatic rings. The summed E-state index contributed by atoms with van der Waals surface area (Å²) in [5.41, 5.74) is -0.313. The minimum Gasteiger partial charge on any atom is -0.394 e. The van der Waals surface area contributed by atoms with Crippen molar-refractivity contribution in [1.29, 1.82) is 0 Å². The minimum absolute atomic E-state index is 0.193. The number of aryl methyl sites for hydroxylation is 1. The summed E-state index contributed by atoms with van der Waals surface area (Å²) in [6, 6.07) is 6.03. The van der Waals surface area contributed by atoms with Crippen molar-refractivity contribution >= 4 is 11.8 Å². The van der Waals surface area contributed by atoms with Crippen molar-refractivity contribution in [3.8, 4) is 0 Å². The summed E-state index contributed by atoms with van der Waals surface area (Å²) in [6.07, 6.45) is -2.80. The van der Waals surface area contributed by atoms with Crippen molar-refractivity contribution in [2.45, 2.75) is 44.3 Å². The summed E-state index contributed by atoms with van der Waals surface area (Å²) >= 11 is 0. The van der Waals surface area contributed by atoms with Gasteiger partial charge in [0, 0.05) is 12.3 Å². The largest absolute Gasteiger partial charge is 0.394 e. The van der Waals surface area contributed by atoms with E-state index in [0.29, 0.717) is 17.0 Å². The molecule has 0 unspecified atom stereocenters. The van der Waals surface area contributed by atoms with E-state index in [1.165, 1.54) is 6.07 Å². The van der Waals surface area contributed by atoms with E-state index in [-0.39, 0.29) is 11.1 Å². The number of hydrogen-bond donors (Lipinski definition) is 3. The molecule has 31 heavy (non-hydrogen) atoms. The Bertz CT molecular complexity index is 1140. The lowest BCUT2D eigenvalue weighted by molar-refractivity contribution is -0.170. The van der Waals surface area contributed by atoms with E-state index >= 15 is 0 Å². The molecule has 4 atom stereocenters. The molecule has 2 amide bonds. The van der Waals surface area contributed by atoms with Crippen LogP contribution in [0.5, 0.6) is 0 Å². The number of aromatic amines is 1. The Balaban J connectivity index is 1.62. The van der Waals surface area contributed by atoms with Crippen molar-refractivity contribution in [1.82, 2.24) is 14.6 Å². The fourth-order valence-corrected chi connectivity index (χ4v) is 3.88. The van der Waals surface area contributed by atoms with Gasteiger partial charge in [0.2, 0.25) is 0 Å². The average molecular weight is 431 g/mol. The molecule has 11 nitrogen and oxygen atoms in total. The number of benzene rings is 1. The zero-order chi connectivity index (χ0) is 22.3. The third-order valence-corrected chi connectivity index (χ3v) is 5.33. The molecule has 1 fully saturated rings. The molecule has 0 saturated carbocycles. The van der Waals surface area contributed by atoms with Gasteiger partial charge in [-0.1, -0.05) is 25.5 Å². The predicted molar refractivity (Wildman–Crippen MR) is 104 cm³/mol. The van der Waals surface area contributed by atoms with Crippen molar-refractivity contribution in [3.63, 3.8) is 0 Å². The number of rotatable bonds is 6. The van der Waals surface area contributed by atoms with Gasteiger partial charge in [0.1, 0.15) is 18.3 Å². The summed E-state index contributed by atoms with van der Waals surface area (Å²) in [7, 11) is 0. The second-order valence-electron chi connectivity index (χ2n) is 7.32. The number of hydroxylamine groups is 2. The molecule has 0 aliphatic carbocycles. The Morgan fingerprint density at radius 1 is 1.16 bits per heavy atom. The molecular formula is C20H21N3O8. The van der Waals surface area contributed by atoms with Crippen LogP contribution in [0.15, 0.2) is 40.1 Å². The lowest BCUT2D eigenvalue weighted by Gasteiger charge is -2.23. The fourth-order valence-electron chi connectivity index (χ4n) is 3.88. The number of amides is 2. The van der Waals surface area contributed by atoms with Gasteiger partial charge in [0.05, 0.1) is 17.7 Å². The Hall–Kier alpha value is -3.12. The molecule has 1 saturated heterocycles. The topological polar surface area (TPSA) is 151 Å². The highest BCUT2D eigenvalue weighted by atomic mass is 16.7. The van der Waals surface area contributed by atoms with Crippen LogP contribution in [0.25, 0.3) is 0 Å². The molecule has 1 aromatic carbocycles. The van der Waals surface area contributed by atoms with Gasteiger partial charge in [-0.15, -0.1) is 5.06 Å². The highest BCUT2D eigenvalue weighted by molar-refractivity contribution is 6.21. The molecule has 2 aliphatic heterocycles. The molecule has 4 rings (SSSR count). The number of carbonyl (C=O) groups is 2. The maximum absolute atomic E-state index is 12.9. The second-order valence-corrected chi connectivity index (χ2v) is 7.32. The van der Waals surface area contributed by atoms with E-state index in [1.807, 2.05) is 11.9 Å². The third kappa shape index (κ3) is 3.51. The minimum atomic E-state index is -1.53. The molecule has 3 N–H and O–H groups in total. The highest BCUT2D eigenvalue weighted by Crippen LogP contribution is 2.34. The summed E-state index contributed by atoms with van der Waals surface area (Å²) in [4.78, 5) is 56.7. The molecule has 3 heterocycles. The van der Waals surface area contributed by atoms with Crippen LogP contribution in [0.1, 0.15) is 45.9 Å². The fraction of sp³-hybridized carbons (Fsp3) is 0.400. The quantitative estimate of drug-likeness (QED) is 0.510. The summed E-state index contributed by atoms with van der Waals surface area (Å²) in [6.45, 7) is 1.34. The first-order chi connectivity index (χ1) is 14.9. The number of aliphatic hydroxyl groups is 2. The number of carbonyl (C=O) groups excluding carboxylic acids is 2. The maximum Gasteiger partial charge on any atom is 0.330 e. The van der Waals surface area contributed by atoms with E-state index in [0.717, 1.165) is 23.3 Å². The van der Waals surface area contributed by atoms with Gasteiger partial charge < -0.3 is 14.9 Å². The van der Waals surface area contributed by atoms with Gasteiger partial charge in [0.15, 0.2) is 6.23 Å². The maximum atomic E-state index is 12.9. The third-order valence-electron chi connectivity index (χ3n) is 5.33. The van der Waals surface area contributed by atoms with Crippen LogP contribution in [-0.2, 0) is 16.0 Å². The second kappa shape index (κ2) is 8.19. The number of hydrogen-bond acceptors (Lipinski definition) is 8. The number of nitrogens with zero attached hydrogens (tertiary/aromatic N) is 2. The Morgan fingerprint density at radius 2 is 1.94 bits per heavy atom. The van der Waals surface area contributed by atoms with Crippen molar-refractivity contribution in [3.05, 3.63) is 68.0 Å². The van der Waals surface area contributed by atoms with E-state index in [2.05, 4.69) is 0 Å². The molecule has 2 aromatic rings. The van der Waals surface area contributed by atoms with Crippen LogP contribution in [0.2, 0.25) is 0 Å². The number of aliphatic hydroxyl groups excluding tert-OH is 2. The van der Waals surface area contributed by atoms with Crippen LogP contribution < -0.4 is 11.2 Å². The first-order valence-corrected chi connectivity index (χ1v) is 9.80. The number of ether oxygens (including phenoxy) is 1. The number of aromatic nitrogens is 2. The van der Waals surface area contributed by atoms with Crippen molar-refractivity contribution in [2.75, 3.05) is 6.61 Å². The van der Waals surface area contributed by atoms with E-state index in [9.17, 15) is 29.4 Å². The molecule has 0 spiro atoms. The number of H-pyrrole nitrogens is 1. The lowest BCUT2D eigenvalue weighted by atomic mass is 9.99. The first kappa shape index (κ1) is 21.1. The van der Waals surface area contributed by atoms with Gasteiger partial charge in [-0.2, -0.15) is 0 Å². The zero-order valence-electron chi connectivity index (χ0n) is 16.6. The standard InChI is InChI=1S/C20H21N3O8/c1-2-4-10-5-3-6-11-14(10)18(28)23(17(11)27)31-16-12(9-24)30-19(15(16)26)22-8-7-13(25)21-20(22)29/h3,5-8,12,15-16,19,24,26H,2,4,9H2,1H3,(H,21,25,29)/t12-,15-,16-,19-/m1/s1. The summed E-state index contributed by atoms with van der Waals surface area (Å²) in [5, 5.41) is 21.0. The summed E-state index contributed by atoms with van der Waals surface area (Å²) in [5.74, 6) is -1.36. The van der Waals surface area contributed by atoms with Crippen molar-refractivity contribution in [2.24, 2.45) is 0 Å². The SMILES string of the molecule is CCCc1cccc2c1C(=O)N(O[C@H]1[C@@H](O)[C@H](n3ccc(=O)[nH]c3=O)O[C@@H]1CO)C2=O. The number of fused-ring (bicyclic) bond motifs is 1. The van der Waals surface area contributed by atoms with Crippen LogP contribution in [0.4, 0.5) is 0 Å². The van der Waals surface area contributed by atoms with E-state index in [1.54, 1.807) is 12.1 Å². The number of imide groups is 1. The van der Waals surface area contributed by atoms with Gasteiger partial charge in [0.25, 0.3) is 17.4 Å². The molecular weight excluding hydrogens is 410 g/mol. The molecule has 1 aromatic heterocycles. The van der Waals surface area contributed by atoms with E-state index in [4.69, 9.17) is 9.57 Å². The van der Waals surface area contributed by atoms with Gasteiger partial charge in [-0.3, -0.25) is 28.8 Å². The van der Waals surface area contributed by atoms with Gasteiger partial charge >= 0.3 is 5.69 Å². The van der Waals surface area contributed by atoms with Crippen LogP contribution in [0, 0.1) is 0 Å². The molecule has 0 radical (unpaired) electrons. The first-order valence-electron chi connectivity index (χ1n) is 9.80. The molecule has 0 bridgehead atoms. The van der Waals surface area contributed by atoms with E-state index < -0.39 is 54.2 Å². The number of nitrogens with one attached hydrogen (secondary N) is 1. The Labute approximate surface area is 175 Å². The average Bonchev–Trinajstić information content (AvgIpc) is 3.18. The Morgan fingerprint density at radius 3 is 2.61 bits per heavy atom. The van der Waals surface area contributed by atoms with Crippen molar-refractivity contribution < 1.29 is 29.4 Å². The molecule has 11 heteroatoms. The van der Waals surface area contributed by atoms with Crippen LogP contribution in [-0.4, -0.2) is 61.6 Å². The zero-order valence-corrected chi connectivity index (χ0v) is 16.6. The normalized spacial score (nSPS) is 25.3. The van der Waals surface area contributed by atoms with Gasteiger partial charge in [-0.05, 0) is 18.1 Å². The van der Waals surface area contributed by atoms with Crippen LogP contribution >= 0.6 is 0 Å².